The van der Waals surface area contributed by atoms with Gasteiger partial charge in [-0.1, -0.05) is 13.5 Å². The van der Waals surface area contributed by atoms with Crippen molar-refractivity contribution in [3.63, 3.8) is 0 Å². The minimum Gasteiger partial charge on any atom is -0.508 e. The molecule has 4 amide bonds. The topological polar surface area (TPSA) is 112 Å². The van der Waals surface area contributed by atoms with Crippen LogP contribution in [0.15, 0.2) is 24.9 Å². The third kappa shape index (κ3) is 4.09. The van der Waals surface area contributed by atoms with Gasteiger partial charge in [0.15, 0.2) is 0 Å². The van der Waals surface area contributed by atoms with E-state index in [0.29, 0.717) is 17.7 Å². The summed E-state index contributed by atoms with van der Waals surface area (Å²) in [6, 6.07) is 2.27. The van der Waals surface area contributed by atoms with Crippen molar-refractivity contribution in [2.24, 2.45) is 0 Å². The van der Waals surface area contributed by atoms with Gasteiger partial charge in [0, 0.05) is 24.7 Å². The first-order valence-corrected chi connectivity index (χ1v) is 7.64. The Kier molecular flexibility index (Phi) is 5.51. The van der Waals surface area contributed by atoms with Gasteiger partial charge in [-0.05, 0) is 18.6 Å². The molecule has 24 heavy (non-hydrogen) atoms. The largest absolute Gasteiger partial charge is 0.508 e. The van der Waals surface area contributed by atoms with Crippen molar-refractivity contribution in [2.75, 3.05) is 13.1 Å². The highest BCUT2D eigenvalue weighted by molar-refractivity contribution is 5.99. The molecule has 0 spiro atoms. The van der Waals surface area contributed by atoms with Crippen molar-refractivity contribution in [1.82, 2.24) is 20.5 Å². The summed E-state index contributed by atoms with van der Waals surface area (Å²) >= 11 is 0. The van der Waals surface area contributed by atoms with Crippen LogP contribution in [-0.2, 0) is 9.59 Å². The van der Waals surface area contributed by atoms with Gasteiger partial charge < -0.3 is 15.7 Å². The Hall–Kier alpha value is -2.90. The number of carbonyl (C=O) groups excluding carboxylic acids is 3. The smallest absolute Gasteiger partial charge is 0.325 e. The minimum atomic E-state index is -0.624. The molecule has 1 aliphatic rings. The van der Waals surface area contributed by atoms with E-state index in [4.69, 9.17) is 0 Å². The van der Waals surface area contributed by atoms with E-state index in [1.54, 1.807) is 12.1 Å². The van der Waals surface area contributed by atoms with E-state index in [-0.39, 0.29) is 31.2 Å². The van der Waals surface area contributed by atoms with Gasteiger partial charge in [-0.25, -0.2) is 4.79 Å². The van der Waals surface area contributed by atoms with Gasteiger partial charge in [0.25, 0.3) is 0 Å². The van der Waals surface area contributed by atoms with Gasteiger partial charge in [-0.15, -0.1) is 0 Å². The highest BCUT2D eigenvalue weighted by Gasteiger charge is 2.28. The number of nitrogens with zero attached hydrogens (tertiary/aromatic N) is 2. The number of nitrogens with one attached hydrogen (secondary N) is 2. The molecule has 3 N–H and O–H groups in total. The highest BCUT2D eigenvalue weighted by Crippen LogP contribution is 2.17. The van der Waals surface area contributed by atoms with Gasteiger partial charge in [-0.3, -0.25) is 19.5 Å². The summed E-state index contributed by atoms with van der Waals surface area (Å²) in [5.74, 6) is -0.860. The fourth-order valence-corrected chi connectivity index (χ4v) is 2.31. The molecule has 8 nitrogen and oxygen atoms in total. The molecule has 8 heteroatoms. The van der Waals surface area contributed by atoms with Crippen LogP contribution in [0.2, 0.25) is 0 Å². The highest BCUT2D eigenvalue weighted by atomic mass is 16.3. The van der Waals surface area contributed by atoms with Crippen LogP contribution in [0.25, 0.3) is 5.76 Å². The number of aliphatic hydroxyl groups is 1. The van der Waals surface area contributed by atoms with E-state index in [1.165, 1.54) is 6.20 Å². The third-order valence-corrected chi connectivity index (χ3v) is 3.69. The molecule has 1 aromatic heterocycles. The zero-order valence-corrected chi connectivity index (χ0v) is 13.4. The Bertz CT molecular complexity index is 657. The van der Waals surface area contributed by atoms with E-state index < -0.39 is 18.0 Å². The van der Waals surface area contributed by atoms with Crippen molar-refractivity contribution in [2.45, 2.75) is 25.8 Å². The lowest BCUT2D eigenvalue weighted by Gasteiger charge is -2.22. The summed E-state index contributed by atoms with van der Waals surface area (Å²) in [7, 11) is 0. The monoisotopic (exact) mass is 332 g/mol. The number of amides is 4. The third-order valence-electron chi connectivity index (χ3n) is 3.69. The zero-order valence-electron chi connectivity index (χ0n) is 13.4. The number of imide groups is 1. The van der Waals surface area contributed by atoms with Crippen LogP contribution in [0.4, 0.5) is 4.79 Å². The molecule has 1 atom stereocenters. The molecule has 0 saturated carbocycles. The Morgan fingerprint density at radius 2 is 2.25 bits per heavy atom. The van der Waals surface area contributed by atoms with Crippen LogP contribution in [0.5, 0.6) is 0 Å². The molecule has 1 unspecified atom stereocenters. The minimum absolute atomic E-state index is 0.0848. The Labute approximate surface area is 139 Å². The number of pyridine rings is 1. The lowest BCUT2D eigenvalue weighted by molar-refractivity contribution is -0.130. The van der Waals surface area contributed by atoms with Crippen molar-refractivity contribution < 1.29 is 19.5 Å². The van der Waals surface area contributed by atoms with Gasteiger partial charge in [0.1, 0.15) is 12.3 Å². The molecule has 0 radical (unpaired) electrons. The number of aliphatic hydroxyl groups excluding tert-OH is 1. The SMILES string of the molecule is C=C(O)c1ccc(C(CC)NC(=O)N2CC(=O)NCCC2=O)nc1. The quantitative estimate of drug-likeness (QED) is 0.715. The average molecular weight is 332 g/mol. The van der Waals surface area contributed by atoms with E-state index in [1.807, 2.05) is 6.92 Å². The molecule has 0 aliphatic carbocycles. The maximum absolute atomic E-state index is 12.4. The standard InChI is InChI=1S/C16H20N4O4/c1-3-12(13-5-4-11(8-18-13)10(2)21)19-16(24)20-9-14(22)17-7-6-15(20)23/h4-5,8,12,21H,2-3,6-7,9H2,1H3,(H,17,22)(H,19,24). The van der Waals surface area contributed by atoms with E-state index in [2.05, 4.69) is 22.2 Å². The molecule has 2 heterocycles. The van der Waals surface area contributed by atoms with Crippen LogP contribution >= 0.6 is 0 Å². The second-order valence-corrected chi connectivity index (χ2v) is 5.41. The van der Waals surface area contributed by atoms with Crippen molar-refractivity contribution in [3.05, 3.63) is 36.2 Å². The van der Waals surface area contributed by atoms with Crippen LogP contribution in [-0.4, -0.2) is 45.9 Å². The molecule has 1 aliphatic heterocycles. The Morgan fingerprint density at radius 3 is 2.83 bits per heavy atom. The number of hydrogen-bond acceptors (Lipinski definition) is 5. The maximum atomic E-state index is 12.4. The van der Waals surface area contributed by atoms with Gasteiger partial charge in [0.2, 0.25) is 11.8 Å². The van der Waals surface area contributed by atoms with Crippen molar-refractivity contribution in [1.29, 1.82) is 0 Å². The zero-order chi connectivity index (χ0) is 17.7. The molecular weight excluding hydrogens is 312 g/mol. The van der Waals surface area contributed by atoms with E-state index >= 15 is 0 Å². The van der Waals surface area contributed by atoms with Crippen LogP contribution in [0, 0.1) is 0 Å². The first-order chi connectivity index (χ1) is 11.4. The predicted octanol–water partition coefficient (Wildman–Crippen LogP) is 1.12. The Balaban J connectivity index is 2.10. The number of urea groups is 1. The molecule has 128 valence electrons. The first-order valence-electron chi connectivity index (χ1n) is 7.64. The summed E-state index contributed by atoms with van der Waals surface area (Å²) in [6.45, 7) is 5.22. The molecule has 0 aromatic carbocycles. The lowest BCUT2D eigenvalue weighted by Crippen LogP contribution is -2.47. The second-order valence-electron chi connectivity index (χ2n) is 5.41. The van der Waals surface area contributed by atoms with Crippen LogP contribution in [0.3, 0.4) is 0 Å². The molecule has 1 aromatic rings. The molecular formula is C16H20N4O4. The second kappa shape index (κ2) is 7.58. The summed E-state index contributed by atoms with van der Waals surface area (Å²) in [5.41, 5.74) is 1.07. The fourth-order valence-electron chi connectivity index (χ4n) is 2.31. The molecule has 0 bridgehead atoms. The van der Waals surface area contributed by atoms with E-state index in [9.17, 15) is 19.5 Å². The predicted molar refractivity (Wildman–Crippen MR) is 86.8 cm³/mol. The number of aromatic nitrogens is 1. The Morgan fingerprint density at radius 1 is 1.50 bits per heavy atom. The number of hydrogen-bond donors (Lipinski definition) is 3. The van der Waals surface area contributed by atoms with Gasteiger partial charge in [0.05, 0.1) is 11.7 Å². The molecule has 1 saturated heterocycles. The van der Waals surface area contributed by atoms with Crippen LogP contribution in [0.1, 0.15) is 37.1 Å². The number of rotatable bonds is 4. The normalized spacial score (nSPS) is 16.1. The van der Waals surface area contributed by atoms with Gasteiger partial charge in [-0.2, -0.15) is 0 Å². The number of carbonyl (C=O) groups is 3. The van der Waals surface area contributed by atoms with Crippen LogP contribution < -0.4 is 10.6 Å². The van der Waals surface area contributed by atoms with Crippen molar-refractivity contribution in [3.8, 4) is 0 Å². The summed E-state index contributed by atoms with van der Waals surface area (Å²) in [4.78, 5) is 41.0. The van der Waals surface area contributed by atoms with Crippen molar-refractivity contribution >= 4 is 23.6 Å². The lowest BCUT2D eigenvalue weighted by atomic mass is 10.1. The fraction of sp³-hybridized carbons (Fsp3) is 0.375. The summed E-state index contributed by atoms with van der Waals surface area (Å²) in [5, 5.41) is 14.6. The summed E-state index contributed by atoms with van der Waals surface area (Å²) in [6.07, 6.45) is 2.09. The average Bonchev–Trinajstić information content (AvgIpc) is 2.73. The van der Waals surface area contributed by atoms with Gasteiger partial charge >= 0.3 is 6.03 Å². The molecule has 1 fully saturated rings. The summed E-state index contributed by atoms with van der Waals surface area (Å²) < 4.78 is 0. The van der Waals surface area contributed by atoms with E-state index in [0.717, 1.165) is 4.90 Å². The molecule has 2 rings (SSSR count). The first kappa shape index (κ1) is 17.5. The maximum Gasteiger partial charge on any atom is 0.325 e.